The fourth-order valence-corrected chi connectivity index (χ4v) is 3.33. The third kappa shape index (κ3) is 3.01. The fraction of sp³-hybridized carbons (Fsp3) is 0.412. The number of carbonyl (C=O) groups is 1. The lowest BCUT2D eigenvalue weighted by atomic mass is 9.45. The van der Waals surface area contributed by atoms with Crippen LogP contribution in [0.1, 0.15) is 24.3 Å². The number of piperidine rings is 1. The Bertz CT molecular complexity index is 612. The van der Waals surface area contributed by atoms with Crippen LogP contribution in [0.3, 0.4) is 0 Å². The lowest BCUT2D eigenvalue weighted by Gasteiger charge is -2.31. The zero-order valence-electron chi connectivity index (χ0n) is 12.7. The molecule has 2 heterocycles. The number of nitriles is 1. The van der Waals surface area contributed by atoms with E-state index < -0.39 is 0 Å². The number of nitrogens with one attached hydrogen (secondary N) is 1. The van der Waals surface area contributed by atoms with E-state index in [2.05, 4.69) is 47.0 Å². The van der Waals surface area contributed by atoms with E-state index in [1.807, 2.05) is 0 Å². The summed E-state index contributed by atoms with van der Waals surface area (Å²) in [5, 5.41) is 11.8. The highest BCUT2D eigenvalue weighted by Crippen LogP contribution is 2.31. The maximum absolute atomic E-state index is 11.4. The first-order valence-electron chi connectivity index (χ1n) is 7.90. The lowest BCUT2D eigenvalue weighted by Crippen LogP contribution is -2.36. The molecule has 112 valence electrons. The molecule has 1 aromatic rings. The van der Waals surface area contributed by atoms with Gasteiger partial charge in [0, 0.05) is 42.8 Å². The van der Waals surface area contributed by atoms with Crippen molar-refractivity contribution in [2.75, 3.05) is 18.0 Å². The second-order valence-electron chi connectivity index (χ2n) is 6.15. The van der Waals surface area contributed by atoms with Crippen LogP contribution in [0.25, 0.3) is 0 Å². The number of nitrogens with zero attached hydrogens (tertiary/aromatic N) is 2. The summed E-state index contributed by atoms with van der Waals surface area (Å²) >= 11 is 0. The lowest BCUT2D eigenvalue weighted by molar-refractivity contribution is -0.121. The standard InChI is InChI=1S/C17H20BN3O/c1-13-16(6-7-17(22)20-13)14-2-4-15(5-3-14)21-10-8-18(12-19)9-11-21/h2-5,16H,1,6-11H2,(H,20,22). The molecule has 0 saturated carbocycles. The molecule has 1 atom stereocenters. The molecule has 22 heavy (non-hydrogen) atoms. The Morgan fingerprint density at radius 1 is 1.27 bits per heavy atom. The van der Waals surface area contributed by atoms with Crippen molar-refractivity contribution >= 4 is 18.3 Å². The van der Waals surface area contributed by atoms with E-state index in [-0.39, 0.29) is 18.5 Å². The molecule has 1 aromatic carbocycles. The summed E-state index contributed by atoms with van der Waals surface area (Å²) in [5.41, 5.74) is 3.23. The van der Waals surface area contributed by atoms with Crippen LogP contribution in [0.2, 0.25) is 12.6 Å². The molecule has 0 radical (unpaired) electrons. The van der Waals surface area contributed by atoms with Gasteiger partial charge >= 0.3 is 0 Å². The molecule has 2 saturated heterocycles. The molecule has 0 spiro atoms. The van der Waals surface area contributed by atoms with Crippen LogP contribution in [0.5, 0.6) is 0 Å². The molecular weight excluding hydrogens is 273 g/mol. The van der Waals surface area contributed by atoms with E-state index in [1.54, 1.807) is 0 Å². The highest BCUT2D eigenvalue weighted by atomic mass is 16.1. The van der Waals surface area contributed by atoms with Gasteiger partial charge in [0.05, 0.1) is 0 Å². The van der Waals surface area contributed by atoms with Crippen LogP contribution in [-0.4, -0.2) is 25.7 Å². The Labute approximate surface area is 131 Å². The SMILES string of the molecule is C=C1NC(=O)CCC1c1ccc(N2CCB(C#N)CC2)cc1. The average Bonchev–Trinajstić information content (AvgIpc) is 2.55. The second-order valence-corrected chi connectivity index (χ2v) is 6.15. The fourth-order valence-electron chi connectivity index (χ4n) is 3.33. The van der Waals surface area contributed by atoms with Crippen LogP contribution >= 0.6 is 0 Å². The molecule has 5 heteroatoms. The molecule has 3 rings (SSSR count). The van der Waals surface area contributed by atoms with E-state index >= 15 is 0 Å². The quantitative estimate of drug-likeness (QED) is 0.853. The van der Waals surface area contributed by atoms with E-state index in [9.17, 15) is 4.79 Å². The van der Waals surface area contributed by atoms with Crippen molar-refractivity contribution in [2.45, 2.75) is 31.4 Å². The van der Waals surface area contributed by atoms with Gasteiger partial charge in [-0.3, -0.25) is 4.79 Å². The number of anilines is 1. The van der Waals surface area contributed by atoms with Crippen LogP contribution in [0.4, 0.5) is 5.69 Å². The highest BCUT2D eigenvalue weighted by molar-refractivity contribution is 6.67. The van der Waals surface area contributed by atoms with Gasteiger partial charge in [0.15, 0.2) is 0 Å². The summed E-state index contributed by atoms with van der Waals surface area (Å²) in [4.78, 5) is 13.7. The Hall–Kier alpha value is -2.22. The largest absolute Gasteiger partial charge is 0.373 e. The molecule has 2 aliphatic heterocycles. The van der Waals surface area contributed by atoms with E-state index in [1.165, 1.54) is 11.3 Å². The smallest absolute Gasteiger partial charge is 0.271 e. The van der Waals surface area contributed by atoms with Gasteiger partial charge in [-0.1, -0.05) is 18.7 Å². The van der Waals surface area contributed by atoms with E-state index in [0.29, 0.717) is 6.42 Å². The Morgan fingerprint density at radius 3 is 2.55 bits per heavy atom. The first kappa shape index (κ1) is 14.7. The maximum Gasteiger partial charge on any atom is 0.271 e. The minimum absolute atomic E-state index is 0.0678. The van der Waals surface area contributed by atoms with Gasteiger partial charge < -0.3 is 10.2 Å². The van der Waals surface area contributed by atoms with Crippen molar-refractivity contribution in [2.24, 2.45) is 0 Å². The minimum Gasteiger partial charge on any atom is -0.373 e. The van der Waals surface area contributed by atoms with Crippen molar-refractivity contribution in [1.29, 1.82) is 5.26 Å². The van der Waals surface area contributed by atoms with E-state index in [4.69, 9.17) is 5.26 Å². The van der Waals surface area contributed by atoms with E-state index in [0.717, 1.165) is 37.8 Å². The predicted octanol–water partition coefficient (Wildman–Crippen LogP) is 2.57. The molecule has 1 N–H and O–H groups in total. The summed E-state index contributed by atoms with van der Waals surface area (Å²) in [7, 11) is 0. The zero-order chi connectivity index (χ0) is 15.5. The van der Waals surface area contributed by atoms with Gasteiger partial charge in [0.25, 0.3) is 6.71 Å². The summed E-state index contributed by atoms with van der Waals surface area (Å²) in [5.74, 6) is 2.65. The predicted molar refractivity (Wildman–Crippen MR) is 88.9 cm³/mol. The van der Waals surface area contributed by atoms with Gasteiger partial charge in [-0.25, -0.2) is 5.26 Å². The number of hydrogen-bond acceptors (Lipinski definition) is 3. The molecular formula is C17H20BN3O. The molecule has 0 aromatic heterocycles. The second kappa shape index (κ2) is 6.27. The van der Waals surface area contributed by atoms with Gasteiger partial charge in [0.2, 0.25) is 5.91 Å². The van der Waals surface area contributed by atoms with Crippen LogP contribution in [-0.2, 0) is 4.79 Å². The van der Waals surface area contributed by atoms with Crippen LogP contribution in [0.15, 0.2) is 36.5 Å². The highest BCUT2D eigenvalue weighted by Gasteiger charge is 2.25. The van der Waals surface area contributed by atoms with Crippen LogP contribution in [0, 0.1) is 11.2 Å². The van der Waals surface area contributed by atoms with Gasteiger partial charge in [-0.05, 0) is 36.8 Å². The maximum atomic E-state index is 11.4. The third-order valence-electron chi connectivity index (χ3n) is 4.72. The Morgan fingerprint density at radius 2 is 1.95 bits per heavy atom. The normalized spacial score (nSPS) is 22.2. The molecule has 2 fully saturated rings. The number of benzene rings is 1. The van der Waals surface area contributed by atoms with Crippen molar-refractivity contribution in [3.05, 3.63) is 42.1 Å². The third-order valence-corrected chi connectivity index (χ3v) is 4.72. The molecule has 2 aliphatic rings. The number of amides is 1. The number of carbonyl (C=O) groups excluding carboxylic acids is 1. The number of rotatable bonds is 2. The minimum atomic E-state index is 0.0678. The van der Waals surface area contributed by atoms with Crippen molar-refractivity contribution in [1.82, 2.24) is 5.32 Å². The number of allylic oxidation sites excluding steroid dienone is 1. The summed E-state index contributed by atoms with van der Waals surface area (Å²) in [6.07, 6.45) is 3.29. The average molecular weight is 293 g/mol. The molecule has 0 bridgehead atoms. The topological polar surface area (TPSA) is 56.1 Å². The molecule has 4 nitrogen and oxygen atoms in total. The number of hydrogen-bond donors (Lipinski definition) is 1. The summed E-state index contributed by atoms with van der Waals surface area (Å²) in [6.45, 7) is 6.09. The molecule has 1 amide bonds. The van der Waals surface area contributed by atoms with Gasteiger partial charge in [-0.15, -0.1) is 0 Å². The Kier molecular flexibility index (Phi) is 4.19. The first-order valence-corrected chi connectivity index (χ1v) is 7.90. The van der Waals surface area contributed by atoms with Crippen LogP contribution < -0.4 is 10.2 Å². The van der Waals surface area contributed by atoms with Crippen molar-refractivity contribution < 1.29 is 4.79 Å². The first-order chi connectivity index (χ1) is 10.7. The van der Waals surface area contributed by atoms with Crippen molar-refractivity contribution in [3.63, 3.8) is 0 Å². The van der Waals surface area contributed by atoms with Gasteiger partial charge in [0.1, 0.15) is 0 Å². The zero-order valence-corrected chi connectivity index (χ0v) is 12.7. The molecule has 0 aliphatic carbocycles. The Balaban J connectivity index is 1.67. The summed E-state index contributed by atoms with van der Waals surface area (Å²) < 4.78 is 0. The van der Waals surface area contributed by atoms with Crippen molar-refractivity contribution in [3.8, 4) is 5.97 Å². The summed E-state index contributed by atoms with van der Waals surface area (Å²) in [6, 6.07) is 8.57. The molecule has 1 unspecified atom stereocenters. The monoisotopic (exact) mass is 293 g/mol. The van der Waals surface area contributed by atoms with Gasteiger partial charge in [-0.2, -0.15) is 0 Å².